The van der Waals surface area contributed by atoms with Gasteiger partial charge in [-0.05, 0) is 24.6 Å². The first-order valence-electron chi connectivity index (χ1n) is 4.12. The summed E-state index contributed by atoms with van der Waals surface area (Å²) in [4.78, 5) is 4.03. The van der Waals surface area contributed by atoms with Crippen LogP contribution in [0.3, 0.4) is 0 Å². The number of rotatable bonds is 0. The van der Waals surface area contributed by atoms with Gasteiger partial charge >= 0.3 is 0 Å². The fourth-order valence-corrected chi connectivity index (χ4v) is 0.917. The first-order valence-corrected chi connectivity index (χ1v) is 4.12. The SMILES string of the molecule is CC.Cc1ccn2ncnc2c1. The third kappa shape index (κ3) is 1.61. The number of hydrogen-bond acceptors (Lipinski definition) is 2. The average Bonchev–Trinajstić information content (AvgIpc) is 2.54. The second kappa shape index (κ2) is 3.85. The van der Waals surface area contributed by atoms with Crippen LogP contribution in [0.2, 0.25) is 0 Å². The zero-order valence-electron chi connectivity index (χ0n) is 7.65. The van der Waals surface area contributed by atoms with Crippen LogP contribution in [-0.4, -0.2) is 14.6 Å². The number of hydrogen-bond donors (Lipinski definition) is 0. The number of aryl methyl sites for hydroxylation is 1. The van der Waals surface area contributed by atoms with Gasteiger partial charge in [0.15, 0.2) is 5.65 Å². The predicted octanol–water partition coefficient (Wildman–Crippen LogP) is 2.06. The fourth-order valence-electron chi connectivity index (χ4n) is 0.917. The molecule has 0 spiro atoms. The predicted molar refractivity (Wildman–Crippen MR) is 49.1 cm³/mol. The lowest BCUT2D eigenvalue weighted by Crippen LogP contribution is -1.85. The van der Waals surface area contributed by atoms with Crippen LogP contribution < -0.4 is 0 Å². The lowest BCUT2D eigenvalue weighted by molar-refractivity contribution is 0.958. The molecule has 0 fully saturated rings. The van der Waals surface area contributed by atoms with E-state index < -0.39 is 0 Å². The topological polar surface area (TPSA) is 30.2 Å². The lowest BCUT2D eigenvalue weighted by atomic mass is 10.3. The third-order valence-electron chi connectivity index (χ3n) is 1.44. The van der Waals surface area contributed by atoms with Crippen LogP contribution in [0.25, 0.3) is 5.65 Å². The second-order valence-corrected chi connectivity index (χ2v) is 2.27. The summed E-state index contributed by atoms with van der Waals surface area (Å²) < 4.78 is 1.74. The van der Waals surface area contributed by atoms with Crippen LogP contribution in [0, 0.1) is 6.92 Å². The molecule has 2 rings (SSSR count). The Bertz CT molecular complexity index is 351. The van der Waals surface area contributed by atoms with Gasteiger partial charge in [-0.25, -0.2) is 9.50 Å². The molecule has 2 aromatic heterocycles. The van der Waals surface area contributed by atoms with Crippen molar-refractivity contribution in [1.29, 1.82) is 0 Å². The van der Waals surface area contributed by atoms with E-state index in [1.807, 2.05) is 39.1 Å². The zero-order chi connectivity index (χ0) is 8.97. The van der Waals surface area contributed by atoms with Crippen LogP contribution in [0.1, 0.15) is 19.4 Å². The van der Waals surface area contributed by atoms with Gasteiger partial charge in [0.2, 0.25) is 0 Å². The molecule has 0 aromatic carbocycles. The molecule has 0 amide bonds. The Morgan fingerprint density at radius 2 is 2.08 bits per heavy atom. The third-order valence-corrected chi connectivity index (χ3v) is 1.44. The highest BCUT2D eigenvalue weighted by molar-refractivity contribution is 5.38. The summed E-state index contributed by atoms with van der Waals surface area (Å²) in [7, 11) is 0. The highest BCUT2D eigenvalue weighted by Crippen LogP contribution is 2.00. The summed E-state index contributed by atoms with van der Waals surface area (Å²) in [5, 5.41) is 3.97. The summed E-state index contributed by atoms with van der Waals surface area (Å²) in [5.41, 5.74) is 2.11. The molecule has 64 valence electrons. The zero-order valence-corrected chi connectivity index (χ0v) is 7.65. The molecule has 0 saturated heterocycles. The first kappa shape index (κ1) is 8.71. The van der Waals surface area contributed by atoms with E-state index in [-0.39, 0.29) is 0 Å². The molecule has 0 aliphatic carbocycles. The van der Waals surface area contributed by atoms with Crippen molar-refractivity contribution in [2.24, 2.45) is 0 Å². The summed E-state index contributed by atoms with van der Waals surface area (Å²) in [6.45, 7) is 6.04. The summed E-state index contributed by atoms with van der Waals surface area (Å²) in [6.07, 6.45) is 3.45. The monoisotopic (exact) mass is 163 g/mol. The van der Waals surface area contributed by atoms with E-state index in [4.69, 9.17) is 0 Å². The second-order valence-electron chi connectivity index (χ2n) is 2.27. The fraction of sp³-hybridized carbons (Fsp3) is 0.333. The van der Waals surface area contributed by atoms with Crippen LogP contribution in [0.5, 0.6) is 0 Å². The smallest absolute Gasteiger partial charge is 0.155 e. The quantitative estimate of drug-likeness (QED) is 0.595. The molecular weight excluding hydrogens is 150 g/mol. The van der Waals surface area contributed by atoms with E-state index >= 15 is 0 Å². The Labute approximate surface area is 72.1 Å². The highest BCUT2D eigenvalue weighted by Gasteiger charge is 1.91. The van der Waals surface area contributed by atoms with Gasteiger partial charge in [0.25, 0.3) is 0 Å². The molecule has 12 heavy (non-hydrogen) atoms. The molecule has 3 heteroatoms. The molecule has 2 aromatic rings. The Morgan fingerprint density at radius 3 is 2.83 bits per heavy atom. The number of nitrogens with zero attached hydrogens (tertiary/aromatic N) is 3. The number of fused-ring (bicyclic) bond motifs is 1. The molecule has 0 atom stereocenters. The molecule has 0 N–H and O–H groups in total. The van der Waals surface area contributed by atoms with E-state index in [0.717, 1.165) is 5.65 Å². The molecule has 0 radical (unpaired) electrons. The maximum atomic E-state index is 4.03. The Balaban J connectivity index is 0.000000336. The normalized spacial score (nSPS) is 9.25. The van der Waals surface area contributed by atoms with E-state index in [1.54, 1.807) is 10.8 Å². The number of aromatic nitrogens is 3. The van der Waals surface area contributed by atoms with E-state index in [1.165, 1.54) is 5.56 Å². The molecule has 0 aliphatic heterocycles. The molecule has 0 unspecified atom stereocenters. The maximum Gasteiger partial charge on any atom is 0.155 e. The molecule has 0 saturated carbocycles. The molecule has 0 bridgehead atoms. The van der Waals surface area contributed by atoms with E-state index in [0.29, 0.717) is 0 Å². The minimum absolute atomic E-state index is 0.903. The van der Waals surface area contributed by atoms with Gasteiger partial charge in [-0.15, -0.1) is 0 Å². The minimum atomic E-state index is 0.903. The summed E-state index contributed by atoms with van der Waals surface area (Å²) >= 11 is 0. The Hall–Kier alpha value is -1.38. The van der Waals surface area contributed by atoms with Gasteiger partial charge < -0.3 is 0 Å². The molecule has 2 heterocycles. The largest absolute Gasteiger partial charge is 0.221 e. The van der Waals surface area contributed by atoms with Crippen LogP contribution in [0.4, 0.5) is 0 Å². The van der Waals surface area contributed by atoms with Gasteiger partial charge in [0.1, 0.15) is 6.33 Å². The first-order chi connectivity index (χ1) is 5.86. The van der Waals surface area contributed by atoms with Crippen molar-refractivity contribution in [1.82, 2.24) is 14.6 Å². The van der Waals surface area contributed by atoms with E-state index in [2.05, 4.69) is 10.1 Å². The van der Waals surface area contributed by atoms with Gasteiger partial charge in [-0.3, -0.25) is 0 Å². The molecule has 3 nitrogen and oxygen atoms in total. The van der Waals surface area contributed by atoms with Crippen LogP contribution in [0.15, 0.2) is 24.7 Å². The Morgan fingerprint density at radius 1 is 1.33 bits per heavy atom. The van der Waals surface area contributed by atoms with Crippen molar-refractivity contribution < 1.29 is 0 Å². The van der Waals surface area contributed by atoms with E-state index in [9.17, 15) is 0 Å². The van der Waals surface area contributed by atoms with Gasteiger partial charge in [-0.1, -0.05) is 13.8 Å². The molecular formula is C9H13N3. The van der Waals surface area contributed by atoms with Crippen molar-refractivity contribution in [3.8, 4) is 0 Å². The maximum absolute atomic E-state index is 4.03. The van der Waals surface area contributed by atoms with Gasteiger partial charge in [0.05, 0.1) is 0 Å². The van der Waals surface area contributed by atoms with Crippen molar-refractivity contribution in [3.05, 3.63) is 30.2 Å². The minimum Gasteiger partial charge on any atom is -0.221 e. The summed E-state index contributed by atoms with van der Waals surface area (Å²) in [5.74, 6) is 0. The van der Waals surface area contributed by atoms with Crippen molar-refractivity contribution >= 4 is 5.65 Å². The summed E-state index contributed by atoms with van der Waals surface area (Å²) in [6, 6.07) is 3.99. The van der Waals surface area contributed by atoms with Gasteiger partial charge in [0, 0.05) is 6.20 Å². The van der Waals surface area contributed by atoms with Crippen molar-refractivity contribution in [3.63, 3.8) is 0 Å². The van der Waals surface area contributed by atoms with Crippen molar-refractivity contribution in [2.75, 3.05) is 0 Å². The standard InChI is InChI=1S/C7H7N3.C2H6/c1-6-2-3-10-7(4-6)8-5-9-10;1-2/h2-5H,1H3;1-2H3. The highest BCUT2D eigenvalue weighted by atomic mass is 15.3. The molecule has 0 aliphatic rings. The van der Waals surface area contributed by atoms with Gasteiger partial charge in [-0.2, -0.15) is 5.10 Å². The Kier molecular flexibility index (Phi) is 2.80. The number of pyridine rings is 1. The lowest BCUT2D eigenvalue weighted by Gasteiger charge is -1.90. The average molecular weight is 163 g/mol. The van der Waals surface area contributed by atoms with Crippen LogP contribution >= 0.6 is 0 Å². The van der Waals surface area contributed by atoms with Crippen LogP contribution in [-0.2, 0) is 0 Å². The van der Waals surface area contributed by atoms with Crippen molar-refractivity contribution in [2.45, 2.75) is 20.8 Å².